The third kappa shape index (κ3) is 5.50. The minimum Gasteiger partial charge on any atom is -0.487 e. The first kappa shape index (κ1) is 20.7. The first-order chi connectivity index (χ1) is 12.9. The Bertz CT molecular complexity index is 922. The maximum Gasteiger partial charge on any atom is 0.148 e. The van der Waals surface area contributed by atoms with Gasteiger partial charge in [-0.3, -0.25) is 0 Å². The van der Waals surface area contributed by atoms with Gasteiger partial charge in [0, 0.05) is 21.7 Å². The van der Waals surface area contributed by atoms with Gasteiger partial charge in [-0.1, -0.05) is 45.7 Å². The predicted octanol–water partition coefficient (Wildman–Crippen LogP) is 8.13. The van der Waals surface area contributed by atoms with E-state index in [-0.39, 0.29) is 0 Å². The first-order valence-electron chi connectivity index (χ1n) is 8.28. The van der Waals surface area contributed by atoms with E-state index in [1.54, 1.807) is 0 Å². The van der Waals surface area contributed by atoms with Gasteiger partial charge in [-0.15, -0.1) is 0 Å². The molecule has 0 aromatic heterocycles. The Morgan fingerprint density at radius 3 is 2.26 bits per heavy atom. The fraction of sp³-hybridized carbons (Fsp3) is 0.143. The average Bonchev–Trinajstić information content (AvgIpc) is 2.64. The van der Waals surface area contributed by atoms with Gasteiger partial charge in [0.05, 0.1) is 8.95 Å². The van der Waals surface area contributed by atoms with Crippen molar-refractivity contribution < 1.29 is 4.74 Å². The second-order valence-electron chi connectivity index (χ2n) is 6.07. The van der Waals surface area contributed by atoms with Gasteiger partial charge in [-0.25, -0.2) is 0 Å². The van der Waals surface area contributed by atoms with Gasteiger partial charge >= 0.3 is 0 Å². The Labute approximate surface area is 189 Å². The highest BCUT2D eigenvalue weighted by Crippen LogP contribution is 2.36. The number of nitrogens with one attached hydrogen (secondary N) is 1. The molecule has 0 aliphatic heterocycles. The zero-order valence-electron chi connectivity index (χ0n) is 14.5. The summed E-state index contributed by atoms with van der Waals surface area (Å²) in [5.41, 5.74) is 4.32. The smallest absolute Gasteiger partial charge is 0.148 e. The highest BCUT2D eigenvalue weighted by Gasteiger charge is 2.10. The summed E-state index contributed by atoms with van der Waals surface area (Å²) in [6.07, 6.45) is 0. The zero-order valence-corrected chi connectivity index (χ0v) is 20.0. The molecule has 2 nitrogen and oxygen atoms in total. The lowest BCUT2D eigenvalue weighted by atomic mass is 10.1. The lowest BCUT2D eigenvalue weighted by molar-refractivity contribution is 0.302. The van der Waals surface area contributed by atoms with Crippen LogP contribution in [0.4, 0.5) is 5.69 Å². The van der Waals surface area contributed by atoms with Crippen molar-refractivity contribution >= 4 is 65.1 Å². The Kier molecular flexibility index (Phi) is 7.26. The fourth-order valence-corrected chi connectivity index (χ4v) is 4.53. The number of hydrogen-bond donors (Lipinski definition) is 1. The largest absolute Gasteiger partial charge is 0.487 e. The van der Waals surface area contributed by atoms with E-state index in [0.717, 1.165) is 46.6 Å². The van der Waals surface area contributed by atoms with Crippen LogP contribution in [-0.2, 0) is 13.2 Å². The van der Waals surface area contributed by atoms with Crippen molar-refractivity contribution in [3.63, 3.8) is 0 Å². The van der Waals surface area contributed by atoms with Crippen LogP contribution in [0, 0.1) is 6.92 Å². The highest BCUT2D eigenvalue weighted by molar-refractivity contribution is 9.11. The van der Waals surface area contributed by atoms with Gasteiger partial charge in [0.25, 0.3) is 0 Å². The van der Waals surface area contributed by atoms with Crippen molar-refractivity contribution in [1.29, 1.82) is 0 Å². The maximum atomic E-state index is 6.19. The molecule has 140 valence electrons. The molecule has 27 heavy (non-hydrogen) atoms. The molecule has 0 atom stereocenters. The summed E-state index contributed by atoms with van der Waals surface area (Å²) in [5, 5.41) is 4.20. The summed E-state index contributed by atoms with van der Waals surface area (Å²) in [6.45, 7) is 3.20. The van der Waals surface area contributed by atoms with Gasteiger partial charge in [0.15, 0.2) is 0 Å². The maximum absolute atomic E-state index is 6.19. The van der Waals surface area contributed by atoms with Crippen molar-refractivity contribution in [3.8, 4) is 5.75 Å². The van der Waals surface area contributed by atoms with Crippen molar-refractivity contribution in [1.82, 2.24) is 0 Å². The topological polar surface area (TPSA) is 21.3 Å². The zero-order chi connectivity index (χ0) is 19.4. The minimum atomic E-state index is 0.504. The van der Waals surface area contributed by atoms with Gasteiger partial charge in [-0.05, 0) is 91.9 Å². The van der Waals surface area contributed by atoms with Crippen molar-refractivity contribution in [2.45, 2.75) is 20.1 Å². The molecule has 0 heterocycles. The Balaban J connectivity index is 1.68. The molecular formula is C21H17Br3ClNO. The van der Waals surface area contributed by atoms with E-state index in [2.05, 4.69) is 65.2 Å². The molecule has 0 amide bonds. The second kappa shape index (κ2) is 9.46. The molecule has 6 heteroatoms. The molecule has 0 spiro atoms. The van der Waals surface area contributed by atoms with Gasteiger partial charge < -0.3 is 10.1 Å². The van der Waals surface area contributed by atoms with E-state index in [9.17, 15) is 0 Å². The number of halogens is 4. The molecule has 3 aromatic rings. The van der Waals surface area contributed by atoms with Gasteiger partial charge in [0.1, 0.15) is 12.4 Å². The first-order valence-corrected chi connectivity index (χ1v) is 11.0. The normalized spacial score (nSPS) is 10.7. The summed E-state index contributed by atoms with van der Waals surface area (Å²) in [4.78, 5) is 0. The summed E-state index contributed by atoms with van der Waals surface area (Å²) in [5.74, 6) is 0.792. The average molecular weight is 575 g/mol. The third-order valence-corrected chi connectivity index (χ3v) is 6.22. The fourth-order valence-electron chi connectivity index (χ4n) is 2.58. The molecule has 0 saturated carbocycles. The Morgan fingerprint density at radius 1 is 0.926 bits per heavy atom. The van der Waals surface area contributed by atoms with E-state index in [1.165, 1.54) is 0 Å². The summed E-state index contributed by atoms with van der Waals surface area (Å²) < 4.78 is 8.88. The molecule has 0 fully saturated rings. The van der Waals surface area contributed by atoms with E-state index in [0.29, 0.717) is 13.2 Å². The van der Waals surface area contributed by atoms with Crippen LogP contribution in [0.15, 0.2) is 68.0 Å². The lowest BCUT2D eigenvalue weighted by Crippen LogP contribution is -2.03. The van der Waals surface area contributed by atoms with Crippen molar-refractivity contribution in [2.75, 3.05) is 5.32 Å². The lowest BCUT2D eigenvalue weighted by Gasteiger charge is -2.14. The Hall–Kier alpha value is -1.01. The highest BCUT2D eigenvalue weighted by atomic mass is 79.9. The molecule has 0 aliphatic carbocycles. The SMILES string of the molecule is Cc1c(Cl)cccc1NCc1cc(Br)c(OCc2ccc(Br)cc2)c(Br)c1. The molecule has 0 saturated heterocycles. The number of ether oxygens (including phenoxy) is 1. The molecular weight excluding hydrogens is 557 g/mol. The molecule has 0 aliphatic rings. The summed E-state index contributed by atoms with van der Waals surface area (Å²) in [7, 11) is 0. The van der Waals surface area contributed by atoms with E-state index in [1.807, 2.05) is 49.4 Å². The molecule has 3 rings (SSSR count). The van der Waals surface area contributed by atoms with Crippen molar-refractivity contribution in [3.05, 3.63) is 89.7 Å². The standard InChI is InChI=1S/C21H17Br3ClNO/c1-13-19(25)3-2-4-20(13)26-11-15-9-17(23)21(18(24)10-15)27-12-14-5-7-16(22)8-6-14/h2-10,26H,11-12H2,1H3. The minimum absolute atomic E-state index is 0.504. The summed E-state index contributed by atoms with van der Waals surface area (Å²) >= 11 is 16.9. The molecule has 0 unspecified atom stereocenters. The quantitative estimate of drug-likeness (QED) is 0.321. The van der Waals surface area contributed by atoms with E-state index < -0.39 is 0 Å². The number of rotatable bonds is 6. The predicted molar refractivity (Wildman–Crippen MR) is 124 cm³/mol. The van der Waals surface area contributed by atoms with E-state index in [4.69, 9.17) is 16.3 Å². The van der Waals surface area contributed by atoms with Gasteiger partial charge in [0.2, 0.25) is 0 Å². The van der Waals surface area contributed by atoms with Gasteiger partial charge in [-0.2, -0.15) is 0 Å². The van der Waals surface area contributed by atoms with Crippen LogP contribution in [0.2, 0.25) is 5.02 Å². The molecule has 1 N–H and O–H groups in total. The number of anilines is 1. The molecule has 3 aromatic carbocycles. The van der Waals surface area contributed by atoms with Crippen molar-refractivity contribution in [2.24, 2.45) is 0 Å². The third-order valence-electron chi connectivity index (χ3n) is 4.11. The molecule has 0 bridgehead atoms. The van der Waals surface area contributed by atoms with Crippen LogP contribution in [-0.4, -0.2) is 0 Å². The monoisotopic (exact) mass is 571 g/mol. The number of hydrogen-bond acceptors (Lipinski definition) is 2. The van der Waals surface area contributed by atoms with Crippen LogP contribution in [0.5, 0.6) is 5.75 Å². The Morgan fingerprint density at radius 2 is 1.59 bits per heavy atom. The van der Waals surface area contributed by atoms with Crippen LogP contribution >= 0.6 is 59.4 Å². The molecule has 0 radical (unpaired) electrons. The summed E-state index contributed by atoms with van der Waals surface area (Å²) in [6, 6.07) is 18.1. The second-order valence-corrected chi connectivity index (χ2v) is 9.10. The van der Waals surface area contributed by atoms with Crippen LogP contribution in [0.25, 0.3) is 0 Å². The number of benzene rings is 3. The van der Waals surface area contributed by atoms with Crippen LogP contribution < -0.4 is 10.1 Å². The van der Waals surface area contributed by atoms with E-state index >= 15 is 0 Å². The van der Waals surface area contributed by atoms with Crippen LogP contribution in [0.1, 0.15) is 16.7 Å². The van der Waals surface area contributed by atoms with Crippen LogP contribution in [0.3, 0.4) is 0 Å².